The maximum Gasteiger partial charge on any atom is 0.204 e. The van der Waals surface area contributed by atoms with E-state index in [1.165, 1.54) is 0 Å². The lowest BCUT2D eigenvalue weighted by Crippen LogP contribution is -2.06. The molecule has 20 heavy (non-hydrogen) atoms. The third-order valence-electron chi connectivity index (χ3n) is 3.27. The number of hydrogen-bond acceptors (Lipinski definition) is 4. The van der Waals surface area contributed by atoms with Gasteiger partial charge < -0.3 is 14.2 Å². The summed E-state index contributed by atoms with van der Waals surface area (Å²) in [7, 11) is 3.23. The minimum Gasteiger partial charge on any atom is -0.493 e. The van der Waals surface area contributed by atoms with Crippen LogP contribution in [0.4, 0.5) is 0 Å². The molecule has 0 saturated heterocycles. The first-order chi connectivity index (χ1) is 9.83. The summed E-state index contributed by atoms with van der Waals surface area (Å²) in [4.78, 5) is 4.02. The minimum absolute atomic E-state index is 0.629. The van der Waals surface area contributed by atoms with Crippen LogP contribution >= 0.6 is 0 Å². The van der Waals surface area contributed by atoms with Crippen molar-refractivity contribution in [2.24, 2.45) is 0 Å². The maximum atomic E-state index is 6.01. The average molecular weight is 269 g/mol. The second-order valence-corrected chi connectivity index (χ2v) is 4.40. The Kier molecular flexibility index (Phi) is 3.29. The fourth-order valence-electron chi connectivity index (χ4n) is 2.26. The van der Waals surface area contributed by atoms with Gasteiger partial charge in [-0.15, -0.1) is 0 Å². The summed E-state index contributed by atoms with van der Waals surface area (Å²) >= 11 is 0. The number of pyridine rings is 1. The molecule has 4 nitrogen and oxygen atoms in total. The highest BCUT2D eigenvalue weighted by Crippen LogP contribution is 2.44. The van der Waals surface area contributed by atoms with E-state index < -0.39 is 0 Å². The molecular weight excluding hydrogens is 254 g/mol. The van der Waals surface area contributed by atoms with E-state index in [9.17, 15) is 0 Å². The maximum absolute atomic E-state index is 6.01. The molecule has 0 saturated carbocycles. The van der Waals surface area contributed by atoms with E-state index in [4.69, 9.17) is 14.2 Å². The predicted octanol–water partition coefficient (Wildman–Crippen LogP) is 3.07. The first kappa shape index (κ1) is 12.5. The van der Waals surface area contributed by atoms with Crippen LogP contribution in [0.2, 0.25) is 0 Å². The van der Waals surface area contributed by atoms with Crippen LogP contribution < -0.4 is 14.2 Å². The molecule has 102 valence electrons. The van der Waals surface area contributed by atoms with Crippen LogP contribution in [0.25, 0.3) is 5.76 Å². The van der Waals surface area contributed by atoms with Crippen molar-refractivity contribution in [3.63, 3.8) is 0 Å². The van der Waals surface area contributed by atoms with Gasteiger partial charge in [0.25, 0.3) is 0 Å². The van der Waals surface area contributed by atoms with Crippen molar-refractivity contribution in [1.29, 1.82) is 0 Å². The van der Waals surface area contributed by atoms with Crippen LogP contribution in [0.3, 0.4) is 0 Å². The summed E-state index contributed by atoms with van der Waals surface area (Å²) < 4.78 is 16.7. The summed E-state index contributed by atoms with van der Waals surface area (Å²) in [5.41, 5.74) is 2.08. The Bertz CT molecular complexity index is 650. The fraction of sp³-hybridized carbons (Fsp3) is 0.188. The SMILES string of the molecule is COc1ccc2c(c1OC)OC(c1ccncc1)=CC2. The lowest BCUT2D eigenvalue weighted by Gasteiger charge is -2.21. The van der Waals surface area contributed by atoms with E-state index >= 15 is 0 Å². The van der Waals surface area contributed by atoms with Crippen molar-refractivity contribution in [2.75, 3.05) is 14.2 Å². The standard InChI is InChI=1S/C16H15NO3/c1-18-14-6-4-12-3-5-13(11-7-9-17-10-8-11)20-15(12)16(14)19-2/h4-10H,3H2,1-2H3. The summed E-state index contributed by atoms with van der Waals surface area (Å²) in [6.07, 6.45) is 6.35. The number of rotatable bonds is 3. The second-order valence-electron chi connectivity index (χ2n) is 4.40. The van der Waals surface area contributed by atoms with Crippen LogP contribution in [0.15, 0.2) is 42.7 Å². The van der Waals surface area contributed by atoms with E-state index in [1.807, 2.05) is 24.3 Å². The zero-order chi connectivity index (χ0) is 13.9. The van der Waals surface area contributed by atoms with Crippen molar-refractivity contribution in [3.05, 3.63) is 53.9 Å². The van der Waals surface area contributed by atoms with Crippen LogP contribution in [0.5, 0.6) is 17.2 Å². The number of aromatic nitrogens is 1. The Morgan fingerprint density at radius 2 is 1.85 bits per heavy atom. The number of benzene rings is 1. The third-order valence-corrected chi connectivity index (χ3v) is 3.27. The quantitative estimate of drug-likeness (QED) is 0.858. The molecule has 2 heterocycles. The molecule has 1 aliphatic rings. The number of hydrogen-bond donors (Lipinski definition) is 0. The van der Waals surface area contributed by atoms with E-state index in [0.717, 1.165) is 29.1 Å². The Labute approximate surface area is 117 Å². The summed E-state index contributed by atoms with van der Waals surface area (Å²) in [6, 6.07) is 7.73. The second kappa shape index (κ2) is 5.25. The predicted molar refractivity (Wildman–Crippen MR) is 76.1 cm³/mol. The Morgan fingerprint density at radius 1 is 1.05 bits per heavy atom. The largest absolute Gasteiger partial charge is 0.493 e. The highest BCUT2D eigenvalue weighted by molar-refractivity contribution is 5.68. The van der Waals surface area contributed by atoms with Gasteiger partial charge in [-0.1, -0.05) is 6.07 Å². The Hall–Kier alpha value is -2.49. The molecule has 0 radical (unpaired) electrons. The fourth-order valence-corrected chi connectivity index (χ4v) is 2.26. The van der Waals surface area contributed by atoms with Crippen molar-refractivity contribution >= 4 is 5.76 Å². The van der Waals surface area contributed by atoms with Gasteiger partial charge in [-0.05, 0) is 30.7 Å². The molecule has 1 aliphatic heterocycles. The van der Waals surface area contributed by atoms with E-state index in [-0.39, 0.29) is 0 Å². The summed E-state index contributed by atoms with van der Waals surface area (Å²) in [5, 5.41) is 0. The van der Waals surface area contributed by atoms with Crippen molar-refractivity contribution in [1.82, 2.24) is 4.98 Å². The first-order valence-electron chi connectivity index (χ1n) is 6.35. The molecule has 1 aromatic heterocycles. The van der Waals surface area contributed by atoms with Gasteiger partial charge in [0.2, 0.25) is 5.75 Å². The van der Waals surface area contributed by atoms with Crippen LogP contribution in [-0.4, -0.2) is 19.2 Å². The number of nitrogens with zero attached hydrogens (tertiary/aromatic N) is 1. The monoisotopic (exact) mass is 269 g/mol. The number of ether oxygens (including phenoxy) is 3. The normalized spacial score (nSPS) is 13.0. The zero-order valence-corrected chi connectivity index (χ0v) is 11.4. The Morgan fingerprint density at radius 3 is 2.55 bits per heavy atom. The van der Waals surface area contributed by atoms with E-state index in [2.05, 4.69) is 11.1 Å². The molecule has 0 N–H and O–H groups in total. The van der Waals surface area contributed by atoms with Crippen LogP contribution in [0.1, 0.15) is 11.1 Å². The number of methoxy groups -OCH3 is 2. The van der Waals surface area contributed by atoms with Gasteiger partial charge in [0.15, 0.2) is 11.5 Å². The molecule has 0 spiro atoms. The van der Waals surface area contributed by atoms with Gasteiger partial charge in [-0.25, -0.2) is 0 Å². The van der Waals surface area contributed by atoms with E-state index in [1.54, 1.807) is 26.6 Å². The summed E-state index contributed by atoms with van der Waals surface area (Å²) in [5.74, 6) is 2.83. The molecule has 0 amide bonds. The average Bonchev–Trinajstić information content (AvgIpc) is 2.54. The highest BCUT2D eigenvalue weighted by Gasteiger charge is 2.21. The number of fused-ring (bicyclic) bond motifs is 1. The van der Waals surface area contributed by atoms with Gasteiger partial charge in [-0.3, -0.25) is 4.98 Å². The van der Waals surface area contributed by atoms with E-state index in [0.29, 0.717) is 11.5 Å². The lowest BCUT2D eigenvalue weighted by molar-refractivity contribution is 0.337. The van der Waals surface area contributed by atoms with Gasteiger partial charge in [0, 0.05) is 23.5 Å². The minimum atomic E-state index is 0.629. The molecule has 0 fully saturated rings. The summed E-state index contributed by atoms with van der Waals surface area (Å²) in [6.45, 7) is 0. The molecule has 0 bridgehead atoms. The van der Waals surface area contributed by atoms with Crippen LogP contribution in [0, 0.1) is 0 Å². The Balaban J connectivity index is 2.01. The molecule has 0 atom stereocenters. The molecule has 3 rings (SSSR count). The van der Waals surface area contributed by atoms with Gasteiger partial charge in [0.1, 0.15) is 5.76 Å². The zero-order valence-electron chi connectivity index (χ0n) is 11.4. The molecular formula is C16H15NO3. The van der Waals surface area contributed by atoms with Crippen molar-refractivity contribution in [2.45, 2.75) is 6.42 Å². The molecule has 4 heteroatoms. The first-order valence-corrected chi connectivity index (χ1v) is 6.35. The number of allylic oxidation sites excluding steroid dienone is 1. The van der Waals surface area contributed by atoms with Gasteiger partial charge in [-0.2, -0.15) is 0 Å². The molecule has 2 aromatic rings. The molecule has 0 unspecified atom stereocenters. The smallest absolute Gasteiger partial charge is 0.204 e. The molecule has 1 aromatic carbocycles. The van der Waals surface area contributed by atoms with Crippen molar-refractivity contribution < 1.29 is 14.2 Å². The third kappa shape index (κ3) is 2.09. The lowest BCUT2D eigenvalue weighted by atomic mass is 10.0. The van der Waals surface area contributed by atoms with Gasteiger partial charge in [0.05, 0.1) is 14.2 Å². The molecule has 0 aliphatic carbocycles. The highest BCUT2D eigenvalue weighted by atomic mass is 16.5. The van der Waals surface area contributed by atoms with Gasteiger partial charge >= 0.3 is 0 Å². The van der Waals surface area contributed by atoms with Crippen LogP contribution in [-0.2, 0) is 6.42 Å². The topological polar surface area (TPSA) is 40.6 Å². The van der Waals surface area contributed by atoms with Crippen molar-refractivity contribution in [3.8, 4) is 17.2 Å².